The van der Waals surface area contributed by atoms with Crippen LogP contribution in [0.4, 0.5) is 24.5 Å². The summed E-state index contributed by atoms with van der Waals surface area (Å²) in [5.74, 6) is -2.10. The second kappa shape index (κ2) is 9.44. The number of nitro benzene ring substituents is 1. The number of hydrogen-bond donors (Lipinski definition) is 1. The first kappa shape index (κ1) is 22.9. The summed E-state index contributed by atoms with van der Waals surface area (Å²) in [5.41, 5.74) is -1.82. The number of nitro groups is 1. The van der Waals surface area contributed by atoms with Gasteiger partial charge in [-0.05, 0) is 18.2 Å². The van der Waals surface area contributed by atoms with Crippen LogP contribution in [-0.4, -0.2) is 41.8 Å². The lowest BCUT2D eigenvalue weighted by molar-refractivity contribution is -0.385. The zero-order chi connectivity index (χ0) is 22.5. The maximum absolute atomic E-state index is 13.1. The van der Waals surface area contributed by atoms with E-state index in [-0.39, 0.29) is 0 Å². The average Bonchev–Trinajstić information content (AvgIpc) is 2.66. The van der Waals surface area contributed by atoms with Crippen LogP contribution in [0.3, 0.4) is 0 Å². The predicted molar refractivity (Wildman–Crippen MR) is 101 cm³/mol. The molecule has 0 fully saturated rings. The molecule has 8 nitrogen and oxygen atoms in total. The van der Waals surface area contributed by atoms with Crippen molar-refractivity contribution >= 4 is 34.8 Å². The molecule has 0 bridgehead atoms. The summed E-state index contributed by atoms with van der Waals surface area (Å²) in [6, 6.07) is 8.33. The molecule has 2 rings (SSSR count). The van der Waals surface area contributed by atoms with Crippen molar-refractivity contribution in [2.24, 2.45) is 0 Å². The first-order chi connectivity index (χ1) is 14.0. The molecule has 0 atom stereocenters. The minimum Gasteiger partial charge on any atom is -0.483 e. The van der Waals surface area contributed by atoms with Crippen LogP contribution in [0.2, 0.25) is 5.02 Å². The Hall–Kier alpha value is -3.34. The van der Waals surface area contributed by atoms with Gasteiger partial charge in [0.25, 0.3) is 11.6 Å². The van der Waals surface area contributed by atoms with Crippen LogP contribution in [0, 0.1) is 10.1 Å². The normalized spacial score (nSPS) is 11.0. The topological polar surface area (TPSA) is 102 Å². The molecule has 0 aliphatic heterocycles. The molecule has 0 unspecified atom stereocenters. The molecule has 160 valence electrons. The smallest absolute Gasteiger partial charge is 0.420 e. The highest BCUT2D eigenvalue weighted by atomic mass is 35.5. The van der Waals surface area contributed by atoms with Crippen molar-refractivity contribution in [1.82, 2.24) is 4.90 Å². The standard InChI is InChI=1S/C18H15ClF3N3O5/c1-24(9-16(26)23-14-5-3-2-4-13(14)19)17(27)10-30-15-7-6-11(25(28)29)8-12(15)18(20,21)22/h2-8H,9-10H2,1H3,(H,23,26). The molecule has 0 radical (unpaired) electrons. The third-order valence-corrected chi connectivity index (χ3v) is 4.11. The number of non-ortho nitro benzene ring substituents is 1. The molecule has 1 N–H and O–H groups in total. The molecule has 0 aromatic heterocycles. The monoisotopic (exact) mass is 445 g/mol. The number of amides is 2. The zero-order valence-electron chi connectivity index (χ0n) is 15.4. The summed E-state index contributed by atoms with van der Waals surface area (Å²) < 4.78 is 44.3. The van der Waals surface area contributed by atoms with Gasteiger partial charge in [-0.2, -0.15) is 13.2 Å². The Morgan fingerprint density at radius 2 is 1.90 bits per heavy atom. The quantitative estimate of drug-likeness (QED) is 0.516. The van der Waals surface area contributed by atoms with Crippen LogP contribution >= 0.6 is 11.6 Å². The average molecular weight is 446 g/mol. The lowest BCUT2D eigenvalue weighted by Gasteiger charge is -2.18. The molecule has 2 amide bonds. The third kappa shape index (κ3) is 6.08. The van der Waals surface area contributed by atoms with Crippen LogP contribution in [-0.2, 0) is 15.8 Å². The first-order valence-corrected chi connectivity index (χ1v) is 8.63. The Balaban J connectivity index is 2.00. The van der Waals surface area contributed by atoms with Crippen LogP contribution < -0.4 is 10.1 Å². The minimum absolute atomic E-state index is 0.293. The van der Waals surface area contributed by atoms with Gasteiger partial charge in [0.2, 0.25) is 5.91 Å². The van der Waals surface area contributed by atoms with Gasteiger partial charge in [0.05, 0.1) is 22.2 Å². The number of carbonyl (C=O) groups excluding carboxylic acids is 2. The Morgan fingerprint density at radius 3 is 2.50 bits per heavy atom. The van der Waals surface area contributed by atoms with E-state index in [1.807, 2.05) is 0 Å². The molecule has 0 saturated carbocycles. The number of likely N-dealkylation sites (N-methyl/N-ethyl adjacent to an activating group) is 1. The van der Waals surface area contributed by atoms with Crippen molar-refractivity contribution in [2.75, 3.05) is 25.5 Å². The van der Waals surface area contributed by atoms with Crippen LogP contribution in [0.1, 0.15) is 5.56 Å². The molecular formula is C18H15ClF3N3O5. The predicted octanol–water partition coefficient (Wildman–Crippen LogP) is 3.74. The van der Waals surface area contributed by atoms with E-state index in [0.717, 1.165) is 17.0 Å². The molecule has 0 saturated heterocycles. The van der Waals surface area contributed by atoms with E-state index >= 15 is 0 Å². The lowest BCUT2D eigenvalue weighted by atomic mass is 10.1. The number of rotatable bonds is 7. The maximum Gasteiger partial charge on any atom is 0.420 e. The van der Waals surface area contributed by atoms with E-state index in [1.54, 1.807) is 24.3 Å². The van der Waals surface area contributed by atoms with E-state index in [0.29, 0.717) is 16.8 Å². The number of hydrogen-bond acceptors (Lipinski definition) is 5. The maximum atomic E-state index is 13.1. The Bertz CT molecular complexity index is 968. The molecule has 12 heteroatoms. The van der Waals surface area contributed by atoms with E-state index in [1.165, 1.54) is 7.05 Å². The number of anilines is 1. The second-order valence-corrected chi connectivity index (χ2v) is 6.41. The van der Waals surface area contributed by atoms with Crippen molar-refractivity contribution in [3.05, 3.63) is 63.2 Å². The second-order valence-electron chi connectivity index (χ2n) is 6.00. The van der Waals surface area contributed by atoms with E-state index in [9.17, 15) is 32.9 Å². The van der Waals surface area contributed by atoms with Gasteiger partial charge in [0, 0.05) is 19.2 Å². The van der Waals surface area contributed by atoms with Gasteiger partial charge in [-0.25, -0.2) is 0 Å². The van der Waals surface area contributed by atoms with E-state index < -0.39 is 53.1 Å². The van der Waals surface area contributed by atoms with Crippen LogP contribution in [0.15, 0.2) is 42.5 Å². The largest absolute Gasteiger partial charge is 0.483 e. The van der Waals surface area contributed by atoms with Crippen molar-refractivity contribution in [3.8, 4) is 5.75 Å². The van der Waals surface area contributed by atoms with Crippen molar-refractivity contribution < 1.29 is 32.4 Å². The number of ether oxygens (including phenoxy) is 1. The number of benzene rings is 2. The molecule has 0 heterocycles. The summed E-state index contributed by atoms with van der Waals surface area (Å²) >= 11 is 5.92. The van der Waals surface area contributed by atoms with Gasteiger partial charge in [0.15, 0.2) is 6.61 Å². The molecule has 0 aliphatic rings. The highest BCUT2D eigenvalue weighted by molar-refractivity contribution is 6.33. The van der Waals surface area contributed by atoms with Gasteiger partial charge in [-0.3, -0.25) is 19.7 Å². The van der Waals surface area contributed by atoms with E-state index in [2.05, 4.69) is 5.32 Å². The number of carbonyl (C=O) groups is 2. The fraction of sp³-hybridized carbons (Fsp3) is 0.222. The lowest BCUT2D eigenvalue weighted by Crippen LogP contribution is -2.37. The molecule has 30 heavy (non-hydrogen) atoms. The molecule has 2 aromatic carbocycles. The Morgan fingerprint density at radius 1 is 1.23 bits per heavy atom. The van der Waals surface area contributed by atoms with Crippen LogP contribution in [0.5, 0.6) is 5.75 Å². The summed E-state index contributed by atoms with van der Waals surface area (Å²) in [7, 11) is 1.26. The van der Waals surface area contributed by atoms with Gasteiger partial charge >= 0.3 is 6.18 Å². The van der Waals surface area contributed by atoms with E-state index in [4.69, 9.17) is 16.3 Å². The number of alkyl halides is 3. The Labute approximate surface area is 173 Å². The molecule has 0 aliphatic carbocycles. The van der Waals surface area contributed by atoms with Crippen LogP contribution in [0.25, 0.3) is 0 Å². The highest BCUT2D eigenvalue weighted by Gasteiger charge is 2.36. The fourth-order valence-electron chi connectivity index (χ4n) is 2.28. The minimum atomic E-state index is -4.93. The summed E-state index contributed by atoms with van der Waals surface area (Å²) in [6.45, 7) is -1.21. The van der Waals surface area contributed by atoms with Gasteiger partial charge in [-0.15, -0.1) is 0 Å². The SMILES string of the molecule is CN(CC(=O)Nc1ccccc1Cl)C(=O)COc1ccc([N+](=O)[O-])cc1C(F)(F)F. The highest BCUT2D eigenvalue weighted by Crippen LogP contribution is 2.38. The Kier molecular flexibility index (Phi) is 7.22. The van der Waals surface area contributed by atoms with Gasteiger partial charge < -0.3 is 15.0 Å². The summed E-state index contributed by atoms with van der Waals surface area (Å²) in [5, 5.41) is 13.5. The zero-order valence-corrected chi connectivity index (χ0v) is 16.2. The number of para-hydroxylation sites is 1. The van der Waals surface area contributed by atoms with Gasteiger partial charge in [-0.1, -0.05) is 23.7 Å². The molecule has 0 spiro atoms. The van der Waals surface area contributed by atoms with Crippen molar-refractivity contribution in [3.63, 3.8) is 0 Å². The first-order valence-electron chi connectivity index (χ1n) is 8.26. The number of nitrogens with one attached hydrogen (secondary N) is 1. The number of nitrogens with zero attached hydrogens (tertiary/aromatic N) is 2. The molecular weight excluding hydrogens is 431 g/mol. The number of halogens is 4. The fourth-order valence-corrected chi connectivity index (χ4v) is 2.47. The van der Waals surface area contributed by atoms with Crippen molar-refractivity contribution in [2.45, 2.75) is 6.18 Å². The van der Waals surface area contributed by atoms with Crippen molar-refractivity contribution in [1.29, 1.82) is 0 Å². The molecule has 2 aromatic rings. The third-order valence-electron chi connectivity index (χ3n) is 3.78. The summed E-state index contributed by atoms with van der Waals surface area (Å²) in [6.07, 6.45) is -4.93. The summed E-state index contributed by atoms with van der Waals surface area (Å²) in [4.78, 5) is 34.8. The van der Waals surface area contributed by atoms with Gasteiger partial charge in [0.1, 0.15) is 11.3 Å².